The molecule has 2 rings (SSSR count). The molecule has 1 aromatic heterocycles. The smallest absolute Gasteiger partial charge is 0.329 e. The zero-order valence-corrected chi connectivity index (χ0v) is 12.4. The minimum absolute atomic E-state index is 0.000602. The maximum atomic E-state index is 11.0. The number of halogens is 1. The molecule has 0 bridgehead atoms. The van der Waals surface area contributed by atoms with Gasteiger partial charge in [-0.25, -0.2) is 10.8 Å². The Labute approximate surface area is 127 Å². The molecule has 0 amide bonds. The van der Waals surface area contributed by atoms with Gasteiger partial charge in [0, 0.05) is 4.47 Å². The number of nitrogens with zero attached hydrogens (tertiary/aromatic N) is 3. The number of methoxy groups -OCH3 is 1. The lowest BCUT2D eigenvalue weighted by molar-refractivity contribution is -0.384. The highest BCUT2D eigenvalue weighted by atomic mass is 79.9. The monoisotopic (exact) mass is 354 g/mol. The molecule has 1 aromatic carbocycles. The van der Waals surface area contributed by atoms with Gasteiger partial charge in [-0.05, 0) is 18.2 Å². The van der Waals surface area contributed by atoms with E-state index in [1.165, 1.54) is 7.11 Å². The van der Waals surface area contributed by atoms with E-state index in [0.29, 0.717) is 11.4 Å². The van der Waals surface area contributed by atoms with Crippen LogP contribution in [0.2, 0.25) is 0 Å². The predicted molar refractivity (Wildman–Crippen MR) is 80.5 cm³/mol. The van der Waals surface area contributed by atoms with Gasteiger partial charge in [-0.15, -0.1) is 0 Å². The highest BCUT2D eigenvalue weighted by Crippen LogP contribution is 2.33. The van der Waals surface area contributed by atoms with Gasteiger partial charge < -0.3 is 10.1 Å². The summed E-state index contributed by atoms with van der Waals surface area (Å²) in [5.74, 6) is 5.77. The van der Waals surface area contributed by atoms with E-state index in [-0.39, 0.29) is 17.5 Å². The summed E-state index contributed by atoms with van der Waals surface area (Å²) in [6.45, 7) is 0. The Hall–Kier alpha value is -2.46. The summed E-state index contributed by atoms with van der Waals surface area (Å²) >= 11 is 3.32. The number of rotatable bonds is 5. The van der Waals surface area contributed by atoms with Crippen molar-refractivity contribution in [2.24, 2.45) is 5.84 Å². The number of hydrogen-bond acceptors (Lipinski definition) is 8. The van der Waals surface area contributed by atoms with E-state index < -0.39 is 4.92 Å². The molecule has 0 saturated carbocycles. The number of hydrazine groups is 1. The van der Waals surface area contributed by atoms with Crippen LogP contribution in [0.15, 0.2) is 28.9 Å². The van der Waals surface area contributed by atoms with E-state index in [0.717, 1.165) is 10.7 Å². The van der Waals surface area contributed by atoms with Crippen molar-refractivity contribution in [2.45, 2.75) is 0 Å². The maximum Gasteiger partial charge on any atom is 0.329 e. The second-order valence-electron chi connectivity index (χ2n) is 3.80. The van der Waals surface area contributed by atoms with Crippen molar-refractivity contribution in [1.82, 2.24) is 9.97 Å². The van der Waals surface area contributed by atoms with E-state index in [2.05, 4.69) is 36.6 Å². The van der Waals surface area contributed by atoms with Gasteiger partial charge in [-0.3, -0.25) is 15.5 Å². The molecule has 10 heteroatoms. The molecule has 9 nitrogen and oxygen atoms in total. The van der Waals surface area contributed by atoms with Crippen LogP contribution in [-0.4, -0.2) is 22.0 Å². The van der Waals surface area contributed by atoms with Crippen LogP contribution in [0.3, 0.4) is 0 Å². The molecule has 1 heterocycles. The Balaban J connectivity index is 2.47. The minimum atomic E-state index is -0.590. The fraction of sp³-hybridized carbons (Fsp3) is 0.0909. The van der Waals surface area contributed by atoms with Crippen molar-refractivity contribution < 1.29 is 9.66 Å². The zero-order valence-electron chi connectivity index (χ0n) is 10.8. The van der Waals surface area contributed by atoms with Gasteiger partial charge in [0.1, 0.15) is 11.9 Å². The first-order chi connectivity index (χ1) is 10.0. The third-order valence-corrected chi connectivity index (χ3v) is 3.00. The Bertz CT molecular complexity index is 681. The summed E-state index contributed by atoms with van der Waals surface area (Å²) in [7, 11) is 1.50. The summed E-state index contributed by atoms with van der Waals surface area (Å²) in [4.78, 5) is 18.1. The average molecular weight is 355 g/mol. The van der Waals surface area contributed by atoms with Crippen LogP contribution in [-0.2, 0) is 0 Å². The Kier molecular flexibility index (Phi) is 4.50. The molecule has 2 aromatic rings. The number of ether oxygens (including phenoxy) is 1. The van der Waals surface area contributed by atoms with Gasteiger partial charge in [0.05, 0.1) is 17.7 Å². The summed E-state index contributed by atoms with van der Waals surface area (Å²) < 4.78 is 5.97. The molecule has 4 N–H and O–H groups in total. The van der Waals surface area contributed by atoms with E-state index >= 15 is 0 Å². The number of benzene rings is 1. The van der Waals surface area contributed by atoms with Crippen LogP contribution in [0.1, 0.15) is 0 Å². The Morgan fingerprint density at radius 1 is 1.48 bits per heavy atom. The fourth-order valence-corrected chi connectivity index (χ4v) is 1.94. The number of aromatic nitrogens is 2. The van der Waals surface area contributed by atoms with Crippen molar-refractivity contribution in [3.05, 3.63) is 39.0 Å². The highest BCUT2D eigenvalue weighted by Gasteiger charge is 2.18. The van der Waals surface area contributed by atoms with Gasteiger partial charge in [0.2, 0.25) is 11.8 Å². The topological polar surface area (TPSA) is 128 Å². The quantitative estimate of drug-likeness (QED) is 0.423. The number of hydrogen-bond donors (Lipinski definition) is 3. The van der Waals surface area contributed by atoms with Crippen molar-refractivity contribution in [3.63, 3.8) is 0 Å². The lowest BCUT2D eigenvalue weighted by Gasteiger charge is -2.11. The molecule has 0 unspecified atom stereocenters. The molecule has 0 fully saturated rings. The van der Waals surface area contributed by atoms with Crippen LogP contribution in [0, 0.1) is 10.1 Å². The predicted octanol–water partition coefficient (Wildman–Crippen LogP) is 2.19. The lowest BCUT2D eigenvalue weighted by atomic mass is 10.3. The van der Waals surface area contributed by atoms with Crippen molar-refractivity contribution in [2.75, 3.05) is 17.9 Å². The van der Waals surface area contributed by atoms with Crippen LogP contribution in [0.4, 0.5) is 23.1 Å². The summed E-state index contributed by atoms with van der Waals surface area (Å²) in [5.41, 5.74) is 2.46. The highest BCUT2D eigenvalue weighted by molar-refractivity contribution is 9.10. The maximum absolute atomic E-state index is 11.0. The first-order valence-electron chi connectivity index (χ1n) is 5.63. The van der Waals surface area contributed by atoms with Gasteiger partial charge in [-0.2, -0.15) is 4.98 Å². The molecule has 0 aliphatic carbocycles. The summed E-state index contributed by atoms with van der Waals surface area (Å²) in [5, 5.41) is 13.9. The van der Waals surface area contributed by atoms with Crippen LogP contribution in [0.5, 0.6) is 5.75 Å². The second-order valence-corrected chi connectivity index (χ2v) is 4.71. The molecule has 0 aliphatic rings. The van der Waals surface area contributed by atoms with Gasteiger partial charge in [0.25, 0.3) is 0 Å². The van der Waals surface area contributed by atoms with Gasteiger partial charge in [0.15, 0.2) is 0 Å². The molecule has 0 atom stereocenters. The summed E-state index contributed by atoms with van der Waals surface area (Å²) in [6, 6.07) is 5.20. The lowest BCUT2D eigenvalue weighted by Crippen LogP contribution is -2.12. The number of anilines is 3. The Morgan fingerprint density at radius 2 is 2.24 bits per heavy atom. The number of nitrogens with two attached hydrogens (primary N) is 1. The standard InChI is InChI=1S/C11H11BrN6O3/c1-21-9-3-2-6(12)4-7(9)15-10-8(18(19)20)5-14-11(16-10)17-13/h2-5H,13H2,1H3,(H2,14,15,16,17). The molecule has 0 aliphatic heterocycles. The van der Waals surface area contributed by atoms with Crippen molar-refractivity contribution in [3.8, 4) is 5.75 Å². The number of nitrogens with one attached hydrogen (secondary N) is 2. The molecule has 21 heavy (non-hydrogen) atoms. The molecule has 110 valence electrons. The molecular weight excluding hydrogens is 344 g/mol. The third-order valence-electron chi connectivity index (χ3n) is 2.51. The third kappa shape index (κ3) is 3.35. The minimum Gasteiger partial charge on any atom is -0.495 e. The average Bonchev–Trinajstić information content (AvgIpc) is 2.47. The fourth-order valence-electron chi connectivity index (χ4n) is 1.58. The van der Waals surface area contributed by atoms with E-state index in [1.807, 2.05) is 0 Å². The zero-order chi connectivity index (χ0) is 15.4. The van der Waals surface area contributed by atoms with Crippen LogP contribution < -0.4 is 21.3 Å². The van der Waals surface area contributed by atoms with Gasteiger partial charge >= 0.3 is 5.69 Å². The summed E-state index contributed by atoms with van der Waals surface area (Å²) in [6.07, 6.45) is 1.06. The first kappa shape index (κ1) is 14.9. The largest absolute Gasteiger partial charge is 0.495 e. The second kappa shape index (κ2) is 6.33. The van der Waals surface area contributed by atoms with Crippen molar-refractivity contribution >= 4 is 39.1 Å². The number of nitro groups is 1. The molecule has 0 spiro atoms. The van der Waals surface area contributed by atoms with Gasteiger partial charge in [-0.1, -0.05) is 15.9 Å². The van der Waals surface area contributed by atoms with E-state index in [4.69, 9.17) is 10.6 Å². The van der Waals surface area contributed by atoms with Crippen LogP contribution >= 0.6 is 15.9 Å². The first-order valence-corrected chi connectivity index (χ1v) is 6.43. The molecular formula is C11H11BrN6O3. The Morgan fingerprint density at radius 3 is 2.86 bits per heavy atom. The molecule has 0 radical (unpaired) electrons. The normalized spacial score (nSPS) is 10.0. The number of nitrogen functional groups attached to an aromatic ring is 1. The van der Waals surface area contributed by atoms with E-state index in [9.17, 15) is 10.1 Å². The van der Waals surface area contributed by atoms with Crippen LogP contribution in [0.25, 0.3) is 0 Å². The SMILES string of the molecule is COc1ccc(Br)cc1Nc1nc(NN)ncc1[N+](=O)[O-]. The van der Waals surface area contributed by atoms with Crippen molar-refractivity contribution in [1.29, 1.82) is 0 Å². The van der Waals surface area contributed by atoms with E-state index in [1.54, 1.807) is 18.2 Å². The molecule has 0 saturated heterocycles.